The van der Waals surface area contributed by atoms with Crippen molar-refractivity contribution in [3.63, 3.8) is 0 Å². The second-order valence-electron chi connectivity index (χ2n) is 2.73. The molecule has 1 rings (SSSR count). The van der Waals surface area contributed by atoms with Crippen molar-refractivity contribution in [2.75, 3.05) is 0 Å². The second-order valence-corrected chi connectivity index (χ2v) is 3.00. The van der Waals surface area contributed by atoms with E-state index in [1.54, 1.807) is 0 Å². The summed E-state index contributed by atoms with van der Waals surface area (Å²) in [4.78, 5) is 15.1. The van der Waals surface area contributed by atoms with E-state index in [0.29, 0.717) is 5.82 Å². The molecule has 5 heteroatoms. The summed E-state index contributed by atoms with van der Waals surface area (Å²) in [6, 6.07) is 0. The summed E-state index contributed by atoms with van der Waals surface area (Å²) in [5, 5.41) is 3.87. The first kappa shape index (κ1) is 9.19. The number of alkyl halides is 1. The van der Waals surface area contributed by atoms with Gasteiger partial charge in [-0.25, -0.2) is 4.98 Å². The van der Waals surface area contributed by atoms with Crippen LogP contribution in [0.4, 0.5) is 0 Å². The van der Waals surface area contributed by atoms with Gasteiger partial charge in [0.25, 0.3) is 5.91 Å². The Morgan fingerprint density at radius 1 is 1.75 bits per heavy atom. The van der Waals surface area contributed by atoms with Crippen molar-refractivity contribution in [1.29, 1.82) is 0 Å². The van der Waals surface area contributed by atoms with E-state index in [0.717, 1.165) is 0 Å². The highest BCUT2D eigenvalue weighted by Gasteiger charge is 2.11. The molecule has 0 aromatic carbocycles. The lowest BCUT2D eigenvalue weighted by molar-refractivity contribution is 0.0837. The number of carbonyl (C=O) groups excluding carboxylic acids is 1. The lowest BCUT2D eigenvalue weighted by atomic mass is 10.2. The fourth-order valence-electron chi connectivity index (χ4n) is 0.729. The number of rotatable bonds is 2. The Balaban J connectivity index is 2.82. The van der Waals surface area contributed by atoms with E-state index in [-0.39, 0.29) is 17.7 Å². The summed E-state index contributed by atoms with van der Waals surface area (Å²) in [5.74, 6) is 0.567. The van der Waals surface area contributed by atoms with Gasteiger partial charge in [-0.3, -0.25) is 4.79 Å². The first-order valence-electron chi connectivity index (χ1n) is 3.66. The molecule has 1 aromatic rings. The predicted octanol–water partition coefficient (Wildman–Crippen LogP) is 1.31. The minimum absolute atomic E-state index is 0.0705. The van der Waals surface area contributed by atoms with E-state index in [9.17, 15) is 4.79 Å². The average Bonchev–Trinajstić information content (AvgIpc) is 2.50. The highest BCUT2D eigenvalue weighted by Crippen LogP contribution is 1.99. The molecule has 0 aliphatic heterocycles. The molecule has 0 atom stereocenters. The summed E-state index contributed by atoms with van der Waals surface area (Å²) in [6.45, 7) is 3.62. The molecule has 0 saturated heterocycles. The Bertz CT molecular complexity index is 282. The SMILES string of the molecule is CC(C)C(=O)n1cnc(CCl)n1. The Labute approximate surface area is 75.5 Å². The van der Waals surface area contributed by atoms with E-state index in [1.165, 1.54) is 11.0 Å². The lowest BCUT2D eigenvalue weighted by Crippen LogP contribution is -2.17. The van der Waals surface area contributed by atoms with Crippen LogP contribution < -0.4 is 0 Å². The van der Waals surface area contributed by atoms with Crippen molar-refractivity contribution in [2.45, 2.75) is 19.7 Å². The van der Waals surface area contributed by atoms with Gasteiger partial charge in [0.15, 0.2) is 5.82 Å². The van der Waals surface area contributed by atoms with Crippen LogP contribution >= 0.6 is 11.6 Å². The maximum absolute atomic E-state index is 11.3. The molecule has 0 fully saturated rings. The minimum Gasteiger partial charge on any atom is -0.272 e. The largest absolute Gasteiger partial charge is 0.272 e. The van der Waals surface area contributed by atoms with Crippen molar-refractivity contribution in [2.24, 2.45) is 5.92 Å². The van der Waals surface area contributed by atoms with Crippen molar-refractivity contribution in [3.05, 3.63) is 12.2 Å². The Hall–Kier alpha value is -0.900. The molecule has 0 aliphatic carbocycles. The minimum atomic E-state index is -0.0742. The molecule has 1 aromatic heterocycles. The summed E-state index contributed by atoms with van der Waals surface area (Å²) in [5.41, 5.74) is 0. The van der Waals surface area contributed by atoms with Crippen LogP contribution in [0.25, 0.3) is 0 Å². The topological polar surface area (TPSA) is 47.8 Å². The standard InChI is InChI=1S/C7H10ClN3O/c1-5(2)7(12)11-4-9-6(3-8)10-11/h4-5H,3H2,1-2H3. The van der Waals surface area contributed by atoms with Crippen molar-refractivity contribution in [3.8, 4) is 0 Å². The molecule has 0 amide bonds. The Kier molecular flexibility index (Phi) is 2.81. The average molecular weight is 188 g/mol. The van der Waals surface area contributed by atoms with Crippen LogP contribution in [0.1, 0.15) is 24.5 Å². The quantitative estimate of drug-likeness (QED) is 0.656. The van der Waals surface area contributed by atoms with Crippen molar-refractivity contribution < 1.29 is 4.79 Å². The second kappa shape index (κ2) is 3.67. The van der Waals surface area contributed by atoms with Crippen LogP contribution in [0.3, 0.4) is 0 Å². The smallest absolute Gasteiger partial charge is 0.250 e. The Morgan fingerprint density at radius 2 is 2.42 bits per heavy atom. The molecule has 4 nitrogen and oxygen atoms in total. The molecule has 0 spiro atoms. The van der Waals surface area contributed by atoms with Crippen LogP contribution in [-0.2, 0) is 5.88 Å². The molecule has 1 heterocycles. The van der Waals surface area contributed by atoms with Crippen LogP contribution in [0.15, 0.2) is 6.33 Å². The van der Waals surface area contributed by atoms with Crippen molar-refractivity contribution in [1.82, 2.24) is 14.8 Å². The maximum atomic E-state index is 11.3. The van der Waals surface area contributed by atoms with Gasteiger partial charge in [-0.15, -0.1) is 16.7 Å². The van der Waals surface area contributed by atoms with E-state index < -0.39 is 0 Å². The van der Waals surface area contributed by atoms with E-state index in [1.807, 2.05) is 13.8 Å². The van der Waals surface area contributed by atoms with Crippen LogP contribution in [-0.4, -0.2) is 20.7 Å². The van der Waals surface area contributed by atoms with E-state index >= 15 is 0 Å². The Morgan fingerprint density at radius 3 is 2.83 bits per heavy atom. The predicted molar refractivity (Wildman–Crippen MR) is 45.0 cm³/mol. The fourth-order valence-corrected chi connectivity index (χ4v) is 0.852. The van der Waals surface area contributed by atoms with Gasteiger partial charge in [-0.2, -0.15) is 4.68 Å². The monoisotopic (exact) mass is 187 g/mol. The number of hydrogen-bond acceptors (Lipinski definition) is 3. The maximum Gasteiger partial charge on any atom is 0.250 e. The zero-order valence-electron chi connectivity index (χ0n) is 6.99. The summed E-state index contributed by atoms with van der Waals surface area (Å²) in [7, 11) is 0. The molecular weight excluding hydrogens is 178 g/mol. The molecule has 0 aliphatic rings. The van der Waals surface area contributed by atoms with Gasteiger partial charge in [-0.1, -0.05) is 13.8 Å². The van der Waals surface area contributed by atoms with Crippen LogP contribution in [0.5, 0.6) is 0 Å². The van der Waals surface area contributed by atoms with E-state index in [4.69, 9.17) is 11.6 Å². The van der Waals surface area contributed by atoms with Crippen LogP contribution in [0.2, 0.25) is 0 Å². The van der Waals surface area contributed by atoms with Gasteiger partial charge in [0.1, 0.15) is 6.33 Å². The molecule has 0 saturated carbocycles. The summed E-state index contributed by atoms with van der Waals surface area (Å²) >= 11 is 5.47. The zero-order chi connectivity index (χ0) is 9.14. The third kappa shape index (κ3) is 1.82. The van der Waals surface area contributed by atoms with Gasteiger partial charge in [0.2, 0.25) is 0 Å². The third-order valence-corrected chi connectivity index (χ3v) is 1.62. The zero-order valence-corrected chi connectivity index (χ0v) is 7.75. The first-order chi connectivity index (χ1) is 5.65. The van der Waals surface area contributed by atoms with E-state index in [2.05, 4.69) is 10.1 Å². The number of halogens is 1. The van der Waals surface area contributed by atoms with Gasteiger partial charge >= 0.3 is 0 Å². The van der Waals surface area contributed by atoms with Gasteiger partial charge < -0.3 is 0 Å². The fraction of sp³-hybridized carbons (Fsp3) is 0.571. The first-order valence-corrected chi connectivity index (χ1v) is 4.19. The molecule has 0 unspecified atom stereocenters. The van der Waals surface area contributed by atoms with Gasteiger partial charge in [0.05, 0.1) is 5.88 Å². The molecule has 66 valence electrons. The lowest BCUT2D eigenvalue weighted by Gasteiger charge is -2.00. The van der Waals surface area contributed by atoms with Crippen molar-refractivity contribution >= 4 is 17.5 Å². The molecule has 0 radical (unpaired) electrons. The summed E-state index contributed by atoms with van der Waals surface area (Å²) < 4.78 is 1.22. The number of nitrogens with zero attached hydrogens (tertiary/aromatic N) is 3. The summed E-state index contributed by atoms with van der Waals surface area (Å²) in [6.07, 6.45) is 1.39. The normalized spacial score (nSPS) is 10.7. The molecule has 12 heavy (non-hydrogen) atoms. The number of carbonyl (C=O) groups is 1. The number of hydrogen-bond donors (Lipinski definition) is 0. The molecule has 0 bridgehead atoms. The molecule has 0 N–H and O–H groups in total. The molecular formula is C7H10ClN3O. The van der Waals surface area contributed by atoms with Gasteiger partial charge in [0, 0.05) is 5.92 Å². The van der Waals surface area contributed by atoms with Crippen LogP contribution in [0, 0.1) is 5.92 Å². The number of aromatic nitrogens is 3. The highest BCUT2D eigenvalue weighted by atomic mass is 35.5. The van der Waals surface area contributed by atoms with Gasteiger partial charge in [-0.05, 0) is 0 Å². The highest BCUT2D eigenvalue weighted by molar-refractivity contribution is 6.16. The third-order valence-electron chi connectivity index (χ3n) is 1.38.